The fourth-order valence-electron chi connectivity index (χ4n) is 1.44. The number of likely N-dealkylation sites (N-methyl/N-ethyl adjacent to an activating group) is 1. The van der Waals surface area contributed by atoms with Gasteiger partial charge in [0.05, 0.1) is 0 Å². The van der Waals surface area contributed by atoms with Crippen molar-refractivity contribution in [3.63, 3.8) is 0 Å². The summed E-state index contributed by atoms with van der Waals surface area (Å²) < 4.78 is 1.77. The van der Waals surface area contributed by atoms with Crippen molar-refractivity contribution in [1.82, 2.24) is 19.9 Å². The molecule has 0 aliphatic rings. The molecule has 0 bridgehead atoms. The van der Waals surface area contributed by atoms with Crippen molar-refractivity contribution in [2.75, 3.05) is 7.05 Å². The third kappa shape index (κ3) is 1.75. The summed E-state index contributed by atoms with van der Waals surface area (Å²) in [7, 11) is 1.97. The molecule has 0 spiro atoms. The highest BCUT2D eigenvalue weighted by molar-refractivity contribution is 5.39. The van der Waals surface area contributed by atoms with Crippen molar-refractivity contribution in [1.29, 1.82) is 0 Å². The zero-order chi connectivity index (χ0) is 9.97. The first kappa shape index (κ1) is 9.15. The van der Waals surface area contributed by atoms with Gasteiger partial charge in [-0.25, -0.2) is 9.50 Å². The van der Waals surface area contributed by atoms with Crippen LogP contribution >= 0.6 is 0 Å². The quantitative estimate of drug-likeness (QED) is 0.781. The van der Waals surface area contributed by atoms with Crippen LogP contribution in [0.15, 0.2) is 24.7 Å². The number of hydrogen-bond donors (Lipinski definition) is 1. The maximum atomic E-state index is 4.14. The van der Waals surface area contributed by atoms with Crippen LogP contribution in [0.5, 0.6) is 0 Å². The molecule has 0 fully saturated rings. The second kappa shape index (κ2) is 3.75. The number of hydrogen-bond acceptors (Lipinski definition) is 3. The predicted octanol–water partition coefficient (Wildman–Crippen LogP) is 0.880. The first-order valence-electron chi connectivity index (χ1n) is 4.75. The van der Waals surface area contributed by atoms with Crippen molar-refractivity contribution in [2.45, 2.75) is 19.4 Å². The lowest BCUT2D eigenvalue weighted by atomic mass is 10.1. The Hall–Kier alpha value is -1.42. The highest BCUT2D eigenvalue weighted by Crippen LogP contribution is 2.06. The van der Waals surface area contributed by atoms with Gasteiger partial charge in [0, 0.05) is 12.2 Å². The van der Waals surface area contributed by atoms with Gasteiger partial charge in [-0.1, -0.05) is 0 Å². The molecule has 2 aromatic rings. The number of aromatic nitrogens is 3. The monoisotopic (exact) mass is 190 g/mol. The van der Waals surface area contributed by atoms with Gasteiger partial charge in [-0.05, 0) is 38.1 Å². The molecule has 2 rings (SSSR count). The summed E-state index contributed by atoms with van der Waals surface area (Å²) >= 11 is 0. The minimum atomic E-state index is 0.486. The zero-order valence-electron chi connectivity index (χ0n) is 8.44. The first-order chi connectivity index (χ1) is 6.79. The summed E-state index contributed by atoms with van der Waals surface area (Å²) in [4.78, 5) is 4.14. The number of nitrogens with one attached hydrogen (secondary N) is 1. The van der Waals surface area contributed by atoms with Gasteiger partial charge in [0.25, 0.3) is 0 Å². The molecule has 0 aliphatic heterocycles. The Morgan fingerprint density at radius 3 is 3.21 bits per heavy atom. The van der Waals surface area contributed by atoms with E-state index in [2.05, 4.69) is 34.5 Å². The van der Waals surface area contributed by atoms with Crippen LogP contribution in [-0.4, -0.2) is 27.7 Å². The van der Waals surface area contributed by atoms with Gasteiger partial charge in [0.15, 0.2) is 5.65 Å². The van der Waals surface area contributed by atoms with Crippen molar-refractivity contribution < 1.29 is 0 Å². The molecule has 4 nitrogen and oxygen atoms in total. The lowest BCUT2D eigenvalue weighted by Crippen LogP contribution is -2.23. The molecule has 2 aromatic heterocycles. The van der Waals surface area contributed by atoms with E-state index in [-0.39, 0.29) is 0 Å². The number of pyridine rings is 1. The average Bonchev–Trinajstić information content (AvgIpc) is 2.64. The molecule has 4 heteroatoms. The van der Waals surface area contributed by atoms with E-state index in [1.54, 1.807) is 10.8 Å². The molecule has 0 aliphatic carbocycles. The molecule has 74 valence electrons. The lowest BCUT2D eigenvalue weighted by molar-refractivity contribution is 0.608. The number of fused-ring (bicyclic) bond motifs is 1. The van der Waals surface area contributed by atoms with Crippen LogP contribution in [0.3, 0.4) is 0 Å². The van der Waals surface area contributed by atoms with E-state index in [0.29, 0.717) is 6.04 Å². The van der Waals surface area contributed by atoms with Crippen molar-refractivity contribution in [3.05, 3.63) is 30.2 Å². The molecule has 0 saturated heterocycles. The molecule has 1 N–H and O–H groups in total. The summed E-state index contributed by atoms with van der Waals surface area (Å²) in [6, 6.07) is 4.64. The second-order valence-electron chi connectivity index (χ2n) is 3.49. The Bertz CT molecular complexity index is 421. The minimum absolute atomic E-state index is 0.486. The summed E-state index contributed by atoms with van der Waals surface area (Å²) in [5.41, 5.74) is 2.19. The Morgan fingerprint density at radius 2 is 2.43 bits per heavy atom. The molecule has 1 atom stereocenters. The average molecular weight is 190 g/mol. The SMILES string of the molecule is CNC(C)Cc1ccn2ncnc2c1. The van der Waals surface area contributed by atoms with Crippen LogP contribution < -0.4 is 5.32 Å². The van der Waals surface area contributed by atoms with Gasteiger partial charge in [0.1, 0.15) is 6.33 Å². The third-order valence-electron chi connectivity index (χ3n) is 2.38. The van der Waals surface area contributed by atoms with E-state index >= 15 is 0 Å². The third-order valence-corrected chi connectivity index (χ3v) is 2.38. The first-order valence-corrected chi connectivity index (χ1v) is 4.75. The summed E-state index contributed by atoms with van der Waals surface area (Å²) in [5, 5.41) is 7.26. The molecule has 2 heterocycles. The highest BCUT2D eigenvalue weighted by Gasteiger charge is 2.02. The lowest BCUT2D eigenvalue weighted by Gasteiger charge is -2.09. The molecule has 0 radical (unpaired) electrons. The maximum absolute atomic E-state index is 4.14. The van der Waals surface area contributed by atoms with Crippen molar-refractivity contribution >= 4 is 5.65 Å². The molecule has 0 amide bonds. The van der Waals surface area contributed by atoms with Gasteiger partial charge in [-0.2, -0.15) is 5.10 Å². The number of rotatable bonds is 3. The fourth-order valence-corrected chi connectivity index (χ4v) is 1.44. The number of nitrogens with zero attached hydrogens (tertiary/aromatic N) is 3. The van der Waals surface area contributed by atoms with Gasteiger partial charge in [-0.15, -0.1) is 0 Å². The Labute approximate surface area is 83.0 Å². The van der Waals surface area contributed by atoms with E-state index in [1.807, 2.05) is 13.2 Å². The van der Waals surface area contributed by atoms with E-state index < -0.39 is 0 Å². The van der Waals surface area contributed by atoms with E-state index in [1.165, 1.54) is 5.56 Å². The maximum Gasteiger partial charge on any atom is 0.155 e. The molecule has 0 aromatic carbocycles. The van der Waals surface area contributed by atoms with Gasteiger partial charge >= 0.3 is 0 Å². The smallest absolute Gasteiger partial charge is 0.155 e. The molecule has 1 unspecified atom stereocenters. The molecule has 14 heavy (non-hydrogen) atoms. The van der Waals surface area contributed by atoms with Gasteiger partial charge in [-0.3, -0.25) is 0 Å². The zero-order valence-corrected chi connectivity index (χ0v) is 8.44. The minimum Gasteiger partial charge on any atom is -0.317 e. The van der Waals surface area contributed by atoms with Crippen molar-refractivity contribution in [2.24, 2.45) is 0 Å². The summed E-state index contributed by atoms with van der Waals surface area (Å²) in [6.07, 6.45) is 4.53. The largest absolute Gasteiger partial charge is 0.317 e. The van der Waals surface area contributed by atoms with Crippen LogP contribution in [0.25, 0.3) is 5.65 Å². The van der Waals surface area contributed by atoms with Crippen LogP contribution in [0, 0.1) is 0 Å². The van der Waals surface area contributed by atoms with Crippen LogP contribution in [0.4, 0.5) is 0 Å². The van der Waals surface area contributed by atoms with E-state index in [0.717, 1.165) is 12.1 Å². The van der Waals surface area contributed by atoms with Crippen LogP contribution in [0.2, 0.25) is 0 Å². The topological polar surface area (TPSA) is 42.2 Å². The predicted molar refractivity (Wildman–Crippen MR) is 55.2 cm³/mol. The Balaban J connectivity index is 2.25. The van der Waals surface area contributed by atoms with Crippen LogP contribution in [0.1, 0.15) is 12.5 Å². The Morgan fingerprint density at radius 1 is 1.57 bits per heavy atom. The summed E-state index contributed by atoms with van der Waals surface area (Å²) in [5.74, 6) is 0. The standard InChI is InChI=1S/C10H14N4/c1-8(11-2)5-9-3-4-14-10(6-9)12-7-13-14/h3-4,6-8,11H,5H2,1-2H3. The van der Waals surface area contributed by atoms with Gasteiger partial charge in [0.2, 0.25) is 0 Å². The van der Waals surface area contributed by atoms with Crippen LogP contribution in [-0.2, 0) is 6.42 Å². The highest BCUT2D eigenvalue weighted by atomic mass is 15.3. The molecule has 0 saturated carbocycles. The van der Waals surface area contributed by atoms with Crippen molar-refractivity contribution in [3.8, 4) is 0 Å². The van der Waals surface area contributed by atoms with E-state index in [4.69, 9.17) is 0 Å². The van der Waals surface area contributed by atoms with Gasteiger partial charge < -0.3 is 5.32 Å². The molecular weight excluding hydrogens is 176 g/mol. The van der Waals surface area contributed by atoms with E-state index in [9.17, 15) is 0 Å². The molecular formula is C10H14N4. The Kier molecular flexibility index (Phi) is 2.45. The normalized spacial score (nSPS) is 13.3. The second-order valence-corrected chi connectivity index (χ2v) is 3.49. The fraction of sp³-hybridized carbons (Fsp3) is 0.400. The summed E-state index contributed by atoms with van der Waals surface area (Å²) in [6.45, 7) is 2.16.